The monoisotopic (exact) mass is 225 g/mol. The fourth-order valence-corrected chi connectivity index (χ4v) is 2.48. The highest BCUT2D eigenvalue weighted by molar-refractivity contribution is 6.18. The Bertz CT molecular complexity index is 334. The Balaban J connectivity index is 2.12. The lowest BCUT2D eigenvalue weighted by atomic mass is 10.0. The van der Waals surface area contributed by atoms with Crippen LogP contribution in [0.15, 0.2) is 12.3 Å². The van der Waals surface area contributed by atoms with Crippen LogP contribution in [0.1, 0.15) is 31.5 Å². The summed E-state index contributed by atoms with van der Waals surface area (Å²) in [5.74, 6) is 2.34. The number of nitrogens with zero attached hydrogens (tertiary/aromatic N) is 2. The number of hydrogen-bond acceptors (Lipinski definition) is 3. The Hall–Kier alpha value is -0.830. The van der Waals surface area contributed by atoms with E-state index < -0.39 is 0 Å². The molecule has 1 saturated carbocycles. The van der Waals surface area contributed by atoms with Gasteiger partial charge < -0.3 is 5.32 Å². The lowest BCUT2D eigenvalue weighted by molar-refractivity contribution is 0.537. The van der Waals surface area contributed by atoms with Crippen molar-refractivity contribution < 1.29 is 0 Å². The Morgan fingerprint density at radius 1 is 1.47 bits per heavy atom. The number of aromatic nitrogens is 2. The van der Waals surface area contributed by atoms with E-state index >= 15 is 0 Å². The van der Waals surface area contributed by atoms with E-state index in [2.05, 4.69) is 15.3 Å². The van der Waals surface area contributed by atoms with Gasteiger partial charge in [-0.1, -0.05) is 12.8 Å². The molecule has 1 aromatic rings. The third kappa shape index (κ3) is 2.40. The van der Waals surface area contributed by atoms with Crippen molar-refractivity contribution in [2.75, 3.05) is 11.2 Å². The molecule has 0 saturated heterocycles. The van der Waals surface area contributed by atoms with Crippen LogP contribution >= 0.6 is 11.6 Å². The zero-order valence-corrected chi connectivity index (χ0v) is 9.72. The molecule has 0 spiro atoms. The summed E-state index contributed by atoms with van der Waals surface area (Å²) in [4.78, 5) is 8.43. The van der Waals surface area contributed by atoms with E-state index in [0.29, 0.717) is 5.88 Å². The van der Waals surface area contributed by atoms with Crippen LogP contribution < -0.4 is 5.32 Å². The average molecular weight is 226 g/mol. The molecule has 82 valence electrons. The molecule has 1 aliphatic rings. The second kappa shape index (κ2) is 4.35. The van der Waals surface area contributed by atoms with Crippen LogP contribution in [0.2, 0.25) is 0 Å². The molecule has 1 fully saturated rings. The summed E-state index contributed by atoms with van der Waals surface area (Å²) >= 11 is 6.05. The first-order valence-corrected chi connectivity index (χ1v) is 5.91. The predicted octanol–water partition coefficient (Wildman–Crippen LogP) is 2.75. The Morgan fingerprint density at radius 3 is 2.80 bits per heavy atom. The van der Waals surface area contributed by atoms with Crippen LogP contribution in [0.5, 0.6) is 0 Å². The first-order valence-electron chi connectivity index (χ1n) is 5.38. The molecule has 0 amide bonds. The standard InChI is InChI=1S/C11H16ClN3/c1-9-13-7-4-10(14-9)15-11(8-12)5-2-3-6-11/h4,7H,2-3,5-6,8H2,1H3,(H,13,14,15). The van der Waals surface area contributed by atoms with E-state index in [9.17, 15) is 0 Å². The molecule has 0 atom stereocenters. The normalized spacial score (nSPS) is 19.1. The molecule has 0 bridgehead atoms. The van der Waals surface area contributed by atoms with Gasteiger partial charge in [-0.3, -0.25) is 0 Å². The number of halogens is 1. The third-order valence-electron chi connectivity index (χ3n) is 2.99. The van der Waals surface area contributed by atoms with Crippen LogP contribution in [0.25, 0.3) is 0 Å². The molecule has 2 rings (SSSR count). The van der Waals surface area contributed by atoms with Gasteiger partial charge in [0.1, 0.15) is 11.6 Å². The smallest absolute Gasteiger partial charge is 0.130 e. The third-order valence-corrected chi connectivity index (χ3v) is 3.50. The van der Waals surface area contributed by atoms with Gasteiger partial charge in [0.15, 0.2) is 0 Å². The van der Waals surface area contributed by atoms with Crippen molar-refractivity contribution in [1.29, 1.82) is 0 Å². The van der Waals surface area contributed by atoms with Crippen LogP contribution in [-0.2, 0) is 0 Å². The van der Waals surface area contributed by atoms with Gasteiger partial charge >= 0.3 is 0 Å². The quantitative estimate of drug-likeness (QED) is 0.804. The van der Waals surface area contributed by atoms with Gasteiger partial charge in [0.2, 0.25) is 0 Å². The summed E-state index contributed by atoms with van der Waals surface area (Å²) in [5.41, 5.74) is 0.0579. The van der Waals surface area contributed by atoms with E-state index in [-0.39, 0.29) is 5.54 Å². The molecule has 0 aromatic carbocycles. The van der Waals surface area contributed by atoms with Gasteiger partial charge in [-0.15, -0.1) is 11.6 Å². The molecule has 15 heavy (non-hydrogen) atoms. The van der Waals surface area contributed by atoms with Gasteiger partial charge in [0.05, 0.1) is 5.54 Å². The summed E-state index contributed by atoms with van der Waals surface area (Å²) < 4.78 is 0. The SMILES string of the molecule is Cc1nccc(NC2(CCl)CCCC2)n1. The minimum Gasteiger partial charge on any atom is -0.363 e. The van der Waals surface area contributed by atoms with Gasteiger partial charge in [-0.2, -0.15) is 0 Å². The molecular weight excluding hydrogens is 210 g/mol. The highest BCUT2D eigenvalue weighted by atomic mass is 35.5. The van der Waals surface area contributed by atoms with Gasteiger partial charge in [0, 0.05) is 12.1 Å². The molecule has 3 nitrogen and oxygen atoms in total. The fraction of sp³-hybridized carbons (Fsp3) is 0.636. The summed E-state index contributed by atoms with van der Waals surface area (Å²) in [6.07, 6.45) is 6.56. The number of aryl methyl sites for hydroxylation is 1. The number of rotatable bonds is 3. The van der Waals surface area contributed by atoms with Crippen LogP contribution in [0.4, 0.5) is 5.82 Å². The zero-order chi connectivity index (χ0) is 10.7. The summed E-state index contributed by atoms with van der Waals surface area (Å²) in [6.45, 7) is 1.90. The second-order valence-electron chi connectivity index (χ2n) is 4.24. The van der Waals surface area contributed by atoms with Gasteiger partial charge in [-0.05, 0) is 25.8 Å². The summed E-state index contributed by atoms with van der Waals surface area (Å²) in [5, 5.41) is 3.46. The highest BCUT2D eigenvalue weighted by Crippen LogP contribution is 2.33. The highest BCUT2D eigenvalue weighted by Gasteiger charge is 2.33. The molecule has 1 heterocycles. The van der Waals surface area contributed by atoms with Gasteiger partial charge in [0.25, 0.3) is 0 Å². The second-order valence-corrected chi connectivity index (χ2v) is 4.50. The topological polar surface area (TPSA) is 37.8 Å². The van der Waals surface area contributed by atoms with Crippen LogP contribution in [0, 0.1) is 6.92 Å². The number of alkyl halides is 1. The van der Waals surface area contributed by atoms with Crippen molar-refractivity contribution in [3.63, 3.8) is 0 Å². The Morgan fingerprint density at radius 2 is 2.20 bits per heavy atom. The first kappa shape index (κ1) is 10.7. The molecule has 1 aliphatic carbocycles. The summed E-state index contributed by atoms with van der Waals surface area (Å²) in [6, 6.07) is 1.90. The van der Waals surface area contributed by atoms with Crippen LogP contribution in [0.3, 0.4) is 0 Å². The van der Waals surface area contributed by atoms with Crippen molar-refractivity contribution in [2.24, 2.45) is 0 Å². The Kier molecular flexibility index (Phi) is 3.10. The largest absolute Gasteiger partial charge is 0.363 e. The average Bonchev–Trinajstić information content (AvgIpc) is 2.67. The number of nitrogens with one attached hydrogen (secondary N) is 1. The van der Waals surface area contributed by atoms with Gasteiger partial charge in [-0.25, -0.2) is 9.97 Å². The van der Waals surface area contributed by atoms with E-state index in [1.54, 1.807) is 6.20 Å². The predicted molar refractivity (Wildman–Crippen MR) is 62.3 cm³/mol. The maximum absolute atomic E-state index is 6.05. The molecule has 0 aliphatic heterocycles. The molecule has 0 unspecified atom stereocenters. The van der Waals surface area contributed by atoms with Crippen LogP contribution in [-0.4, -0.2) is 21.4 Å². The summed E-state index contributed by atoms with van der Waals surface area (Å²) in [7, 11) is 0. The molecular formula is C11H16ClN3. The molecule has 0 radical (unpaired) electrons. The minimum atomic E-state index is 0.0579. The van der Waals surface area contributed by atoms with Crippen molar-refractivity contribution in [2.45, 2.75) is 38.1 Å². The van der Waals surface area contributed by atoms with E-state index in [1.807, 2.05) is 13.0 Å². The van der Waals surface area contributed by atoms with E-state index in [4.69, 9.17) is 11.6 Å². The van der Waals surface area contributed by atoms with Crippen molar-refractivity contribution in [3.8, 4) is 0 Å². The lowest BCUT2D eigenvalue weighted by Crippen LogP contribution is -2.37. The maximum atomic E-state index is 6.05. The molecule has 4 heteroatoms. The minimum absolute atomic E-state index is 0.0579. The van der Waals surface area contributed by atoms with Crippen molar-refractivity contribution >= 4 is 17.4 Å². The molecule has 1 aromatic heterocycles. The number of anilines is 1. The lowest BCUT2D eigenvalue weighted by Gasteiger charge is -2.28. The van der Waals surface area contributed by atoms with E-state index in [0.717, 1.165) is 24.5 Å². The van der Waals surface area contributed by atoms with E-state index in [1.165, 1.54) is 12.8 Å². The van der Waals surface area contributed by atoms with Crippen molar-refractivity contribution in [3.05, 3.63) is 18.1 Å². The first-order chi connectivity index (χ1) is 7.24. The number of hydrogen-bond donors (Lipinski definition) is 1. The Labute approximate surface area is 95.3 Å². The fourth-order valence-electron chi connectivity index (χ4n) is 2.14. The molecule has 1 N–H and O–H groups in total. The zero-order valence-electron chi connectivity index (χ0n) is 8.96. The van der Waals surface area contributed by atoms with Crippen molar-refractivity contribution in [1.82, 2.24) is 9.97 Å². The maximum Gasteiger partial charge on any atom is 0.130 e.